The molecule has 4 nitrogen and oxygen atoms in total. The summed E-state index contributed by atoms with van der Waals surface area (Å²) < 4.78 is 34.3. The monoisotopic (exact) mass is 430 g/mol. The first-order valence-corrected chi connectivity index (χ1v) is 12.5. The molecule has 0 radical (unpaired) electrons. The van der Waals surface area contributed by atoms with Crippen molar-refractivity contribution in [3.8, 4) is 0 Å². The molecular weight excluding hydrogens is 387 g/mol. The van der Waals surface area contributed by atoms with Crippen molar-refractivity contribution in [1.82, 2.24) is 0 Å². The van der Waals surface area contributed by atoms with Crippen LogP contribution in [0, 0.1) is 0 Å². The van der Waals surface area contributed by atoms with E-state index in [1.165, 1.54) is 51.4 Å². The van der Waals surface area contributed by atoms with E-state index in [2.05, 4.69) is 6.92 Å². The van der Waals surface area contributed by atoms with Crippen molar-refractivity contribution >= 4 is 10.1 Å². The predicted molar refractivity (Wildman–Crippen MR) is 109 cm³/mol. The van der Waals surface area contributed by atoms with Gasteiger partial charge in [-0.2, -0.15) is 0 Å². The molecule has 0 saturated heterocycles. The molecule has 158 valence electrons. The fraction of sp³-hybridized carbons (Fsp3) is 1.00. The van der Waals surface area contributed by atoms with Gasteiger partial charge in [-0.1, -0.05) is 97.3 Å². The smallest absolute Gasteiger partial charge is 0.748 e. The number of unbranched alkanes of at least 4 members (excludes halogenated alkanes) is 11. The van der Waals surface area contributed by atoms with Gasteiger partial charge in [0.15, 0.2) is 0 Å². The minimum Gasteiger partial charge on any atom is -0.748 e. The van der Waals surface area contributed by atoms with Crippen molar-refractivity contribution in [3.63, 3.8) is 0 Å². The SMILES string of the molecule is CCCCCCCCCCCCCC(CCCCC(O)CC)S(=O)(=O)[O-].[K+]. The van der Waals surface area contributed by atoms with E-state index in [4.69, 9.17) is 0 Å². The number of hydrogen-bond donors (Lipinski definition) is 1. The van der Waals surface area contributed by atoms with E-state index in [9.17, 15) is 18.1 Å². The molecule has 0 heterocycles. The number of rotatable bonds is 19. The number of aliphatic hydroxyl groups is 1. The molecular formula is C21H43KO4S. The van der Waals surface area contributed by atoms with Gasteiger partial charge in [0.25, 0.3) is 0 Å². The van der Waals surface area contributed by atoms with Gasteiger partial charge in [-0.05, 0) is 25.7 Å². The first kappa shape index (κ1) is 30.7. The Hall–Kier alpha value is 1.51. The van der Waals surface area contributed by atoms with E-state index in [1.807, 2.05) is 6.92 Å². The van der Waals surface area contributed by atoms with Crippen LogP contribution in [-0.2, 0) is 10.1 Å². The third-order valence-corrected chi connectivity index (χ3v) is 6.61. The molecule has 2 unspecified atom stereocenters. The van der Waals surface area contributed by atoms with Crippen molar-refractivity contribution in [2.24, 2.45) is 0 Å². The zero-order valence-electron chi connectivity index (χ0n) is 18.3. The van der Waals surface area contributed by atoms with Gasteiger partial charge in [-0.25, -0.2) is 8.42 Å². The summed E-state index contributed by atoms with van der Waals surface area (Å²) in [5, 5.41) is 8.78. The maximum absolute atomic E-state index is 11.4. The fourth-order valence-electron chi connectivity index (χ4n) is 3.43. The van der Waals surface area contributed by atoms with Crippen molar-refractivity contribution in [3.05, 3.63) is 0 Å². The average Bonchev–Trinajstić information content (AvgIpc) is 2.59. The molecule has 0 saturated carbocycles. The maximum Gasteiger partial charge on any atom is 1.00 e. The minimum absolute atomic E-state index is 0. The van der Waals surface area contributed by atoms with E-state index in [1.54, 1.807) is 0 Å². The van der Waals surface area contributed by atoms with E-state index in [0.29, 0.717) is 25.7 Å². The Morgan fingerprint density at radius 1 is 0.704 bits per heavy atom. The van der Waals surface area contributed by atoms with Crippen LogP contribution in [-0.4, -0.2) is 29.4 Å². The van der Waals surface area contributed by atoms with Crippen LogP contribution < -0.4 is 51.4 Å². The fourth-order valence-corrected chi connectivity index (χ4v) is 4.34. The van der Waals surface area contributed by atoms with Crippen molar-refractivity contribution < 1.29 is 69.5 Å². The topological polar surface area (TPSA) is 77.4 Å². The van der Waals surface area contributed by atoms with Gasteiger partial charge in [0.2, 0.25) is 0 Å². The first-order valence-electron chi connectivity index (χ1n) is 11.0. The quantitative estimate of drug-likeness (QED) is 0.194. The van der Waals surface area contributed by atoms with Gasteiger partial charge in [0, 0.05) is 5.25 Å². The Labute approximate surface area is 211 Å². The Kier molecular flexibility index (Phi) is 23.6. The molecule has 0 aliphatic rings. The van der Waals surface area contributed by atoms with Crippen LogP contribution in [0.2, 0.25) is 0 Å². The molecule has 0 rings (SSSR count). The summed E-state index contributed by atoms with van der Waals surface area (Å²) in [5.41, 5.74) is 0. The summed E-state index contributed by atoms with van der Waals surface area (Å²) >= 11 is 0. The van der Waals surface area contributed by atoms with Crippen LogP contribution in [0.4, 0.5) is 0 Å². The molecule has 1 N–H and O–H groups in total. The molecule has 0 aromatic heterocycles. The number of hydrogen-bond acceptors (Lipinski definition) is 4. The van der Waals surface area contributed by atoms with Crippen LogP contribution in [0.25, 0.3) is 0 Å². The zero-order chi connectivity index (χ0) is 19.7. The molecule has 6 heteroatoms. The van der Waals surface area contributed by atoms with Crippen LogP contribution in [0.5, 0.6) is 0 Å². The largest absolute Gasteiger partial charge is 1.00 e. The molecule has 0 bridgehead atoms. The van der Waals surface area contributed by atoms with E-state index >= 15 is 0 Å². The van der Waals surface area contributed by atoms with Crippen molar-refractivity contribution in [1.29, 1.82) is 0 Å². The Bertz CT molecular complexity index is 401. The third-order valence-electron chi connectivity index (χ3n) is 5.32. The Balaban J connectivity index is 0. The molecule has 0 aliphatic heterocycles. The van der Waals surface area contributed by atoms with E-state index < -0.39 is 15.4 Å². The van der Waals surface area contributed by atoms with Crippen molar-refractivity contribution in [2.45, 2.75) is 134 Å². The van der Waals surface area contributed by atoms with Crippen molar-refractivity contribution in [2.75, 3.05) is 0 Å². The normalized spacial score (nSPS) is 13.9. The molecule has 0 aromatic rings. The maximum atomic E-state index is 11.4. The zero-order valence-corrected chi connectivity index (χ0v) is 22.2. The van der Waals surface area contributed by atoms with E-state index in [0.717, 1.165) is 32.1 Å². The summed E-state index contributed by atoms with van der Waals surface area (Å²) in [4.78, 5) is 0. The van der Waals surface area contributed by atoms with Crippen LogP contribution in [0.15, 0.2) is 0 Å². The summed E-state index contributed by atoms with van der Waals surface area (Å²) in [6, 6.07) is 0. The average molecular weight is 431 g/mol. The summed E-state index contributed by atoms with van der Waals surface area (Å²) in [6.07, 6.45) is 17.1. The molecule has 0 amide bonds. The molecule has 0 aromatic carbocycles. The molecule has 0 aliphatic carbocycles. The Morgan fingerprint density at radius 3 is 1.48 bits per heavy atom. The minimum atomic E-state index is -4.20. The van der Waals surface area contributed by atoms with Gasteiger partial charge in [-0.3, -0.25) is 0 Å². The second-order valence-corrected chi connectivity index (χ2v) is 9.44. The molecule has 2 atom stereocenters. The van der Waals surface area contributed by atoms with E-state index in [-0.39, 0.29) is 57.5 Å². The van der Waals surface area contributed by atoms with Crippen LogP contribution >= 0.6 is 0 Å². The standard InChI is InChI=1S/C21H44O4S.K/c1-3-5-6-7-8-9-10-11-12-13-14-18-21(26(23,24)25)19-16-15-17-20(22)4-2;/h20-22H,3-19H2,1-2H3,(H,23,24,25);/q;+1/p-1. The second-order valence-electron chi connectivity index (χ2n) is 7.79. The summed E-state index contributed by atoms with van der Waals surface area (Å²) in [6.45, 7) is 4.17. The first-order chi connectivity index (χ1) is 12.4. The number of aliphatic hydroxyl groups excluding tert-OH is 1. The van der Waals surface area contributed by atoms with Crippen LogP contribution in [0.3, 0.4) is 0 Å². The van der Waals surface area contributed by atoms with Gasteiger partial charge < -0.3 is 9.66 Å². The van der Waals surface area contributed by atoms with Gasteiger partial charge in [0.05, 0.1) is 16.2 Å². The third kappa shape index (κ3) is 20.6. The van der Waals surface area contributed by atoms with Gasteiger partial charge >= 0.3 is 51.4 Å². The molecule has 0 fully saturated rings. The Morgan fingerprint density at radius 2 is 1.07 bits per heavy atom. The van der Waals surface area contributed by atoms with Gasteiger partial charge in [0.1, 0.15) is 0 Å². The molecule has 0 spiro atoms. The summed E-state index contributed by atoms with van der Waals surface area (Å²) in [7, 11) is -4.20. The van der Waals surface area contributed by atoms with Gasteiger partial charge in [-0.15, -0.1) is 0 Å². The van der Waals surface area contributed by atoms with Crippen LogP contribution in [0.1, 0.15) is 123 Å². The summed E-state index contributed by atoms with van der Waals surface area (Å²) in [5.74, 6) is 0. The molecule has 27 heavy (non-hydrogen) atoms. The second kappa shape index (κ2) is 20.8. The predicted octanol–water partition coefficient (Wildman–Crippen LogP) is 2.94.